The van der Waals surface area contributed by atoms with Crippen molar-refractivity contribution < 1.29 is 4.74 Å². The van der Waals surface area contributed by atoms with Gasteiger partial charge in [0.25, 0.3) is 0 Å². The number of hydrogen-bond acceptors (Lipinski definition) is 3. The van der Waals surface area contributed by atoms with E-state index in [4.69, 9.17) is 10.5 Å². The zero-order valence-corrected chi connectivity index (χ0v) is 12.9. The Morgan fingerprint density at radius 1 is 1.30 bits per heavy atom. The first-order valence-electron chi connectivity index (χ1n) is 7.45. The number of aromatic amines is 1. The second-order valence-electron chi connectivity index (χ2n) is 5.05. The molecule has 6 heteroatoms. The number of ether oxygens (including phenoxy) is 1. The van der Waals surface area contributed by atoms with Crippen LogP contribution in [0.5, 0.6) is 0 Å². The summed E-state index contributed by atoms with van der Waals surface area (Å²) < 4.78 is 5.37. The molecule has 0 saturated carbocycles. The van der Waals surface area contributed by atoms with Gasteiger partial charge >= 0.3 is 0 Å². The molecule has 0 bridgehead atoms. The maximum Gasteiger partial charge on any atom is 0.198 e. The van der Waals surface area contributed by atoms with E-state index in [1.54, 1.807) is 12.4 Å². The zero-order valence-electron chi connectivity index (χ0n) is 12.9. The van der Waals surface area contributed by atoms with Crippen molar-refractivity contribution >= 4 is 28.2 Å². The number of aromatic nitrogens is 2. The van der Waals surface area contributed by atoms with Gasteiger partial charge in [-0.2, -0.15) is 0 Å². The second-order valence-corrected chi connectivity index (χ2v) is 5.05. The number of fused-ring (bicyclic) bond motifs is 1. The lowest BCUT2D eigenvalue weighted by Crippen LogP contribution is -2.21. The third kappa shape index (κ3) is 3.67. The van der Waals surface area contributed by atoms with E-state index >= 15 is 0 Å². The highest BCUT2D eigenvalue weighted by Gasteiger charge is 2.03. The molecule has 1 aromatic carbocycles. The summed E-state index contributed by atoms with van der Waals surface area (Å²) in [6.07, 6.45) is 5.31. The lowest BCUT2D eigenvalue weighted by atomic mass is 10.2. The van der Waals surface area contributed by atoms with E-state index in [1.165, 1.54) is 0 Å². The maximum atomic E-state index is 5.99. The maximum absolute atomic E-state index is 5.99. The van der Waals surface area contributed by atoms with E-state index in [9.17, 15) is 0 Å². The van der Waals surface area contributed by atoms with Crippen molar-refractivity contribution in [3.63, 3.8) is 0 Å². The Balaban J connectivity index is 1.72. The van der Waals surface area contributed by atoms with Crippen molar-refractivity contribution in [3.05, 3.63) is 54.5 Å². The standard InChI is InChI=1S/C17H19N5O/c1-2-23-11-12-3-5-13(6-4-12)21-17(18)22-16-10-20-15-7-8-19-9-14(15)16/h3-10,20H,2,11H2,1H3,(H3,18,21,22). The Labute approximate surface area is 134 Å². The van der Waals surface area contributed by atoms with Crippen LogP contribution in [0.2, 0.25) is 0 Å². The van der Waals surface area contributed by atoms with Gasteiger partial charge in [0.15, 0.2) is 5.96 Å². The summed E-state index contributed by atoms with van der Waals surface area (Å²) in [7, 11) is 0. The van der Waals surface area contributed by atoms with Crippen molar-refractivity contribution in [2.24, 2.45) is 10.7 Å². The molecule has 6 nitrogen and oxygen atoms in total. The first-order valence-corrected chi connectivity index (χ1v) is 7.45. The Morgan fingerprint density at radius 3 is 2.91 bits per heavy atom. The largest absolute Gasteiger partial charge is 0.377 e. The average Bonchev–Trinajstić information content (AvgIpc) is 2.97. The molecule has 23 heavy (non-hydrogen) atoms. The van der Waals surface area contributed by atoms with Crippen LogP contribution >= 0.6 is 0 Å². The van der Waals surface area contributed by atoms with Crippen LogP contribution in [0, 0.1) is 0 Å². The van der Waals surface area contributed by atoms with Crippen LogP contribution in [0.3, 0.4) is 0 Å². The van der Waals surface area contributed by atoms with Gasteiger partial charge in [-0.1, -0.05) is 12.1 Å². The highest BCUT2D eigenvalue weighted by Crippen LogP contribution is 2.24. The van der Waals surface area contributed by atoms with Crippen molar-refractivity contribution in [2.45, 2.75) is 13.5 Å². The normalized spacial score (nSPS) is 11.8. The van der Waals surface area contributed by atoms with Crippen molar-refractivity contribution in [2.75, 3.05) is 11.9 Å². The Morgan fingerprint density at radius 2 is 2.13 bits per heavy atom. The Bertz CT molecular complexity index is 807. The van der Waals surface area contributed by atoms with Gasteiger partial charge in [-0.05, 0) is 30.7 Å². The molecule has 0 aliphatic carbocycles. The molecule has 3 rings (SSSR count). The van der Waals surface area contributed by atoms with E-state index in [2.05, 4.69) is 20.3 Å². The molecule has 0 atom stereocenters. The molecule has 0 unspecified atom stereocenters. The van der Waals surface area contributed by atoms with Crippen molar-refractivity contribution in [1.82, 2.24) is 9.97 Å². The predicted octanol–water partition coefficient (Wildman–Crippen LogP) is 3.16. The SMILES string of the molecule is CCOCc1ccc(NC(N)=Nc2c[nH]c3ccncc23)cc1. The van der Waals surface area contributed by atoms with Gasteiger partial charge in [-0.25, -0.2) is 4.99 Å². The van der Waals surface area contributed by atoms with Gasteiger partial charge in [-0.3, -0.25) is 4.98 Å². The summed E-state index contributed by atoms with van der Waals surface area (Å²) in [6, 6.07) is 9.80. The van der Waals surface area contributed by atoms with E-state index in [0.717, 1.165) is 27.8 Å². The number of benzene rings is 1. The third-order valence-corrected chi connectivity index (χ3v) is 3.40. The summed E-state index contributed by atoms with van der Waals surface area (Å²) in [6.45, 7) is 3.30. The summed E-state index contributed by atoms with van der Waals surface area (Å²) >= 11 is 0. The number of pyridine rings is 1. The summed E-state index contributed by atoms with van der Waals surface area (Å²) in [5.74, 6) is 0.326. The number of nitrogens with one attached hydrogen (secondary N) is 2. The lowest BCUT2D eigenvalue weighted by molar-refractivity contribution is 0.134. The number of aliphatic imine (C=N–C) groups is 1. The molecule has 3 aromatic rings. The molecule has 0 saturated heterocycles. The number of H-pyrrole nitrogens is 1. The fourth-order valence-electron chi connectivity index (χ4n) is 2.25. The minimum Gasteiger partial charge on any atom is -0.377 e. The summed E-state index contributed by atoms with van der Waals surface area (Å²) in [5.41, 5.74) is 9.72. The number of guanidine groups is 1. The van der Waals surface area contributed by atoms with Gasteiger partial charge < -0.3 is 20.8 Å². The fourth-order valence-corrected chi connectivity index (χ4v) is 2.25. The molecule has 0 aliphatic rings. The van der Waals surface area contributed by atoms with E-state index in [1.807, 2.05) is 43.5 Å². The fraction of sp³-hybridized carbons (Fsp3) is 0.176. The second kappa shape index (κ2) is 6.93. The quantitative estimate of drug-likeness (QED) is 0.499. The van der Waals surface area contributed by atoms with Crippen LogP contribution in [0.4, 0.5) is 11.4 Å². The Kier molecular flexibility index (Phi) is 4.54. The number of hydrogen-bond donors (Lipinski definition) is 3. The van der Waals surface area contributed by atoms with Crippen LogP contribution < -0.4 is 11.1 Å². The van der Waals surface area contributed by atoms with Crippen molar-refractivity contribution in [1.29, 1.82) is 0 Å². The first kappa shape index (κ1) is 15.1. The minimum absolute atomic E-state index is 0.326. The molecule has 0 fully saturated rings. The molecule has 4 N–H and O–H groups in total. The topological polar surface area (TPSA) is 88.3 Å². The number of nitrogens with zero attached hydrogens (tertiary/aromatic N) is 2. The zero-order chi connectivity index (χ0) is 16.1. The molecule has 118 valence electrons. The van der Waals surface area contributed by atoms with E-state index in [0.29, 0.717) is 19.2 Å². The van der Waals surface area contributed by atoms with Gasteiger partial charge in [0.05, 0.1) is 17.8 Å². The van der Waals surface area contributed by atoms with E-state index < -0.39 is 0 Å². The van der Waals surface area contributed by atoms with Gasteiger partial charge in [0, 0.05) is 36.3 Å². The summed E-state index contributed by atoms with van der Waals surface area (Å²) in [5, 5.41) is 4.02. The van der Waals surface area contributed by atoms with Crippen LogP contribution in [0.25, 0.3) is 10.9 Å². The average molecular weight is 309 g/mol. The molecule has 0 amide bonds. The smallest absolute Gasteiger partial charge is 0.198 e. The molecule has 2 heterocycles. The molecule has 2 aromatic heterocycles. The summed E-state index contributed by atoms with van der Waals surface area (Å²) in [4.78, 5) is 11.7. The van der Waals surface area contributed by atoms with E-state index in [-0.39, 0.29) is 0 Å². The molecule has 0 radical (unpaired) electrons. The van der Waals surface area contributed by atoms with Gasteiger partial charge in [-0.15, -0.1) is 0 Å². The number of anilines is 1. The molecule has 0 spiro atoms. The lowest BCUT2D eigenvalue weighted by Gasteiger charge is -2.07. The third-order valence-electron chi connectivity index (χ3n) is 3.40. The monoisotopic (exact) mass is 309 g/mol. The number of nitrogens with two attached hydrogens (primary N) is 1. The van der Waals surface area contributed by atoms with Crippen LogP contribution in [0.15, 0.2) is 53.9 Å². The number of rotatable bonds is 5. The van der Waals surface area contributed by atoms with Crippen molar-refractivity contribution in [3.8, 4) is 0 Å². The molecular formula is C17H19N5O. The highest BCUT2D eigenvalue weighted by molar-refractivity contribution is 5.98. The van der Waals surface area contributed by atoms with Gasteiger partial charge in [0.1, 0.15) is 0 Å². The molecular weight excluding hydrogens is 290 g/mol. The van der Waals surface area contributed by atoms with Crippen LogP contribution in [0.1, 0.15) is 12.5 Å². The predicted molar refractivity (Wildman–Crippen MR) is 92.8 cm³/mol. The van der Waals surface area contributed by atoms with Crippen LogP contribution in [-0.4, -0.2) is 22.5 Å². The first-order chi connectivity index (χ1) is 11.3. The minimum atomic E-state index is 0.326. The molecule has 0 aliphatic heterocycles. The van der Waals surface area contributed by atoms with Crippen LogP contribution in [-0.2, 0) is 11.3 Å². The van der Waals surface area contributed by atoms with Gasteiger partial charge in [0.2, 0.25) is 0 Å². The highest BCUT2D eigenvalue weighted by atomic mass is 16.5. The Hall–Kier alpha value is -2.86.